The first kappa shape index (κ1) is 15.5. The third-order valence-electron chi connectivity index (χ3n) is 2.32. The van der Waals surface area contributed by atoms with Crippen molar-refractivity contribution in [3.05, 3.63) is 33.8 Å². The monoisotopic (exact) mass is 334 g/mol. The Hall–Kier alpha value is -1.55. The number of carbonyl (C=O) groups is 1. The summed E-state index contributed by atoms with van der Waals surface area (Å²) in [6.45, 7) is 1.69. The molecule has 1 aromatic rings. The van der Waals surface area contributed by atoms with Crippen LogP contribution in [0.2, 0.25) is 0 Å². The average molecular weight is 335 g/mol. The van der Waals surface area contributed by atoms with Crippen molar-refractivity contribution in [1.29, 1.82) is 5.26 Å². The maximum atomic E-state index is 12.7. The second-order valence-electron chi connectivity index (χ2n) is 3.93. The largest absolute Gasteiger partial charge is 0.417 e. The standard InChI is InChI=1S/C12H10BrF3N2O/c1-7(5-17)6-18-11(19)8-2-3-10(13)9(4-8)12(14,15)16/h2-4,7H,6H2,1H3,(H,18,19). The Morgan fingerprint density at radius 2 is 2.16 bits per heavy atom. The van der Waals surface area contributed by atoms with Crippen LogP contribution in [0.15, 0.2) is 22.7 Å². The van der Waals surface area contributed by atoms with Crippen LogP contribution in [0.25, 0.3) is 0 Å². The van der Waals surface area contributed by atoms with E-state index in [9.17, 15) is 18.0 Å². The van der Waals surface area contributed by atoms with E-state index in [2.05, 4.69) is 21.2 Å². The number of halogens is 4. The highest BCUT2D eigenvalue weighted by Crippen LogP contribution is 2.35. The highest BCUT2D eigenvalue weighted by atomic mass is 79.9. The van der Waals surface area contributed by atoms with Gasteiger partial charge in [0, 0.05) is 16.6 Å². The molecule has 0 spiro atoms. The number of hydrogen-bond acceptors (Lipinski definition) is 2. The Morgan fingerprint density at radius 3 is 2.68 bits per heavy atom. The maximum Gasteiger partial charge on any atom is 0.417 e. The first-order valence-electron chi connectivity index (χ1n) is 5.30. The third kappa shape index (κ3) is 4.24. The summed E-state index contributed by atoms with van der Waals surface area (Å²) in [7, 11) is 0. The Balaban J connectivity index is 2.91. The number of benzene rings is 1. The van der Waals surface area contributed by atoms with E-state index in [1.807, 2.05) is 6.07 Å². The van der Waals surface area contributed by atoms with E-state index in [4.69, 9.17) is 5.26 Å². The summed E-state index contributed by atoms with van der Waals surface area (Å²) < 4.78 is 37.8. The first-order valence-corrected chi connectivity index (χ1v) is 6.09. The molecular weight excluding hydrogens is 325 g/mol. The van der Waals surface area contributed by atoms with E-state index >= 15 is 0 Å². The van der Waals surface area contributed by atoms with Gasteiger partial charge in [0.2, 0.25) is 0 Å². The minimum Gasteiger partial charge on any atom is -0.351 e. The number of amides is 1. The van der Waals surface area contributed by atoms with Crippen molar-refractivity contribution in [2.45, 2.75) is 13.1 Å². The van der Waals surface area contributed by atoms with Gasteiger partial charge < -0.3 is 5.32 Å². The molecule has 0 saturated carbocycles. The highest BCUT2D eigenvalue weighted by molar-refractivity contribution is 9.10. The number of nitriles is 1. The van der Waals surface area contributed by atoms with Gasteiger partial charge in [0.1, 0.15) is 0 Å². The van der Waals surface area contributed by atoms with Crippen molar-refractivity contribution in [3.8, 4) is 6.07 Å². The Bertz CT molecular complexity index is 523. The normalized spacial score (nSPS) is 12.6. The number of rotatable bonds is 3. The van der Waals surface area contributed by atoms with Gasteiger partial charge >= 0.3 is 6.18 Å². The molecule has 0 aliphatic rings. The zero-order chi connectivity index (χ0) is 14.6. The molecule has 102 valence electrons. The third-order valence-corrected chi connectivity index (χ3v) is 3.01. The van der Waals surface area contributed by atoms with E-state index in [0.717, 1.165) is 6.07 Å². The van der Waals surface area contributed by atoms with E-state index in [1.54, 1.807) is 6.92 Å². The fourth-order valence-electron chi connectivity index (χ4n) is 1.28. The molecule has 0 fully saturated rings. The SMILES string of the molecule is CC(C#N)CNC(=O)c1ccc(Br)c(C(F)(F)F)c1. The van der Waals surface area contributed by atoms with Gasteiger partial charge in [0.05, 0.1) is 17.6 Å². The molecular formula is C12H10BrF3N2O. The first-order chi connectivity index (χ1) is 8.75. The van der Waals surface area contributed by atoms with Crippen molar-refractivity contribution in [3.63, 3.8) is 0 Å². The lowest BCUT2D eigenvalue weighted by molar-refractivity contribution is -0.138. The van der Waals surface area contributed by atoms with Gasteiger partial charge in [-0.25, -0.2) is 0 Å². The molecule has 1 N–H and O–H groups in total. The summed E-state index contributed by atoms with van der Waals surface area (Å²) in [4.78, 5) is 11.7. The molecule has 0 saturated heterocycles. The van der Waals surface area contributed by atoms with Crippen molar-refractivity contribution < 1.29 is 18.0 Å². The van der Waals surface area contributed by atoms with E-state index < -0.39 is 23.6 Å². The number of nitrogens with zero attached hydrogens (tertiary/aromatic N) is 1. The Morgan fingerprint density at radius 1 is 1.53 bits per heavy atom. The van der Waals surface area contributed by atoms with Crippen LogP contribution in [0.1, 0.15) is 22.8 Å². The summed E-state index contributed by atoms with van der Waals surface area (Å²) in [5.74, 6) is -1.04. The van der Waals surface area contributed by atoms with Crippen LogP contribution in [0.5, 0.6) is 0 Å². The van der Waals surface area contributed by atoms with Gasteiger partial charge in [0.15, 0.2) is 0 Å². The predicted molar refractivity (Wildman–Crippen MR) is 66.3 cm³/mol. The molecule has 0 bridgehead atoms. The molecule has 1 amide bonds. The Kier molecular flexibility index (Phi) is 4.95. The summed E-state index contributed by atoms with van der Waals surface area (Å²) in [5, 5.41) is 11.0. The van der Waals surface area contributed by atoms with E-state index in [-0.39, 0.29) is 16.6 Å². The molecule has 1 unspecified atom stereocenters. The lowest BCUT2D eigenvalue weighted by Gasteiger charge is -2.11. The van der Waals surface area contributed by atoms with Gasteiger partial charge in [-0.2, -0.15) is 18.4 Å². The van der Waals surface area contributed by atoms with Crippen LogP contribution < -0.4 is 5.32 Å². The number of alkyl halides is 3. The summed E-state index contributed by atoms with van der Waals surface area (Å²) in [6.07, 6.45) is -4.53. The molecule has 7 heteroatoms. The van der Waals surface area contributed by atoms with Gasteiger partial charge in [0.25, 0.3) is 5.91 Å². The minimum absolute atomic E-state index is 0.0900. The average Bonchev–Trinajstić information content (AvgIpc) is 2.34. The number of nitrogens with one attached hydrogen (secondary N) is 1. The molecule has 1 atom stereocenters. The van der Waals surface area contributed by atoms with Crippen LogP contribution in [-0.2, 0) is 6.18 Å². The molecule has 1 aromatic carbocycles. The molecule has 19 heavy (non-hydrogen) atoms. The van der Waals surface area contributed by atoms with Crippen LogP contribution >= 0.6 is 15.9 Å². The molecule has 0 radical (unpaired) electrons. The molecule has 0 aromatic heterocycles. The van der Waals surface area contributed by atoms with Gasteiger partial charge in [-0.1, -0.05) is 15.9 Å². The second-order valence-corrected chi connectivity index (χ2v) is 4.79. The topological polar surface area (TPSA) is 52.9 Å². The van der Waals surface area contributed by atoms with Crippen LogP contribution in [0, 0.1) is 17.2 Å². The molecule has 0 aliphatic heterocycles. The highest BCUT2D eigenvalue weighted by Gasteiger charge is 2.33. The van der Waals surface area contributed by atoms with Gasteiger partial charge in [-0.3, -0.25) is 4.79 Å². The lowest BCUT2D eigenvalue weighted by Crippen LogP contribution is -2.28. The van der Waals surface area contributed by atoms with Crippen LogP contribution in [0.4, 0.5) is 13.2 Å². The minimum atomic E-state index is -4.53. The predicted octanol–water partition coefficient (Wildman–Crippen LogP) is 3.36. The fourth-order valence-corrected chi connectivity index (χ4v) is 1.75. The van der Waals surface area contributed by atoms with Gasteiger partial charge in [-0.05, 0) is 25.1 Å². The Labute approximate surface area is 116 Å². The van der Waals surface area contributed by atoms with Crippen molar-refractivity contribution in [2.75, 3.05) is 6.54 Å². The summed E-state index contributed by atoms with van der Waals surface area (Å²) in [5.41, 5.74) is -1.01. The lowest BCUT2D eigenvalue weighted by atomic mass is 10.1. The molecule has 0 aliphatic carbocycles. The fraction of sp³-hybridized carbons (Fsp3) is 0.333. The second kappa shape index (κ2) is 6.06. The van der Waals surface area contributed by atoms with E-state index in [1.165, 1.54) is 12.1 Å². The van der Waals surface area contributed by atoms with Crippen molar-refractivity contribution >= 4 is 21.8 Å². The van der Waals surface area contributed by atoms with Crippen molar-refractivity contribution in [1.82, 2.24) is 5.32 Å². The number of hydrogen-bond donors (Lipinski definition) is 1. The van der Waals surface area contributed by atoms with Crippen LogP contribution in [-0.4, -0.2) is 12.5 Å². The molecule has 1 rings (SSSR count). The smallest absolute Gasteiger partial charge is 0.351 e. The zero-order valence-corrected chi connectivity index (χ0v) is 11.5. The van der Waals surface area contributed by atoms with Gasteiger partial charge in [-0.15, -0.1) is 0 Å². The molecule has 0 heterocycles. The summed E-state index contributed by atoms with van der Waals surface area (Å²) in [6, 6.07) is 5.14. The summed E-state index contributed by atoms with van der Waals surface area (Å²) >= 11 is 2.79. The van der Waals surface area contributed by atoms with Crippen LogP contribution in [0.3, 0.4) is 0 Å². The number of carbonyl (C=O) groups excluding carboxylic acids is 1. The molecule has 3 nitrogen and oxygen atoms in total. The quantitative estimate of drug-likeness (QED) is 0.921. The van der Waals surface area contributed by atoms with E-state index in [0.29, 0.717) is 0 Å². The maximum absolute atomic E-state index is 12.7. The van der Waals surface area contributed by atoms with Crippen molar-refractivity contribution in [2.24, 2.45) is 5.92 Å². The zero-order valence-electron chi connectivity index (χ0n) is 9.88.